The van der Waals surface area contributed by atoms with Crippen LogP contribution in [0.2, 0.25) is 0 Å². The third-order valence-electron chi connectivity index (χ3n) is 8.71. The van der Waals surface area contributed by atoms with Crippen molar-refractivity contribution >= 4 is 86.1 Å². The van der Waals surface area contributed by atoms with Gasteiger partial charge in [0.05, 0.1) is 9.79 Å². The smallest absolute Gasteiger partial charge is 0.744 e. The molecule has 286 valence electrons. The number of benzene rings is 8. The van der Waals surface area contributed by atoms with E-state index in [0.29, 0.717) is 10.8 Å². The van der Waals surface area contributed by atoms with Crippen LogP contribution in [0.3, 0.4) is 0 Å². The third-order valence-corrected chi connectivity index (χ3v) is 10.5. The minimum atomic E-state index is -4.79. The number of rotatable bonds is 6. The molecular formula is C40H27CrN4Na2O10S2+. The number of fused-ring (bicyclic) bond motifs is 4. The molecule has 0 aliphatic heterocycles. The van der Waals surface area contributed by atoms with Gasteiger partial charge in [0, 0.05) is 61.8 Å². The van der Waals surface area contributed by atoms with Crippen molar-refractivity contribution in [2.24, 2.45) is 20.5 Å². The minimum Gasteiger partial charge on any atom is -0.744 e. The molecule has 0 unspecified atom stereocenters. The summed E-state index contributed by atoms with van der Waals surface area (Å²) < 4.78 is 69.2. The van der Waals surface area contributed by atoms with E-state index in [1.54, 1.807) is 60.7 Å². The summed E-state index contributed by atoms with van der Waals surface area (Å²) in [4.78, 5) is -1.07. The van der Waals surface area contributed by atoms with Gasteiger partial charge in [-0.25, -0.2) is 16.8 Å². The first-order valence-corrected chi connectivity index (χ1v) is 19.2. The Hall–Kier alpha value is -4.45. The molecule has 0 heterocycles. The Morgan fingerprint density at radius 1 is 0.390 bits per heavy atom. The second kappa shape index (κ2) is 19.3. The van der Waals surface area contributed by atoms with E-state index in [0.717, 1.165) is 22.9 Å². The van der Waals surface area contributed by atoms with Crippen LogP contribution in [0, 0.1) is 0 Å². The number of aromatic hydroxyl groups is 4. The van der Waals surface area contributed by atoms with Crippen molar-refractivity contribution in [3.63, 3.8) is 0 Å². The molecule has 0 saturated carbocycles. The summed E-state index contributed by atoms with van der Waals surface area (Å²) in [5, 5.41) is 61.0. The Labute approximate surface area is 393 Å². The fourth-order valence-corrected chi connectivity index (χ4v) is 7.55. The molecule has 8 aromatic rings. The zero-order valence-corrected chi connectivity index (χ0v) is 37.9. The first-order chi connectivity index (χ1) is 26.7. The standard InChI is InChI=1S/2C20H14N2O5S.Cr.2Na/c2*23-16-10-9-12-5-1-2-6-13(12)19(16)21-22-20-15-8-4-3-7-14(15)18(11-17(20)24)28(25,26)27;;;/h2*1-11,23-24H,(H,25,26,27);;;/q;;;2*+1/p-1. The van der Waals surface area contributed by atoms with Gasteiger partial charge in [-0.2, -0.15) is 0 Å². The molecule has 14 nitrogen and oxygen atoms in total. The molecule has 0 amide bonds. The van der Waals surface area contributed by atoms with Crippen LogP contribution in [0.15, 0.2) is 164 Å². The predicted octanol–water partition coefficient (Wildman–Crippen LogP) is 3.57. The number of hydrogen-bond donors (Lipinski definition) is 4. The van der Waals surface area contributed by atoms with Crippen LogP contribution in [0.4, 0.5) is 22.7 Å². The molecule has 0 aliphatic carbocycles. The van der Waals surface area contributed by atoms with E-state index in [2.05, 4.69) is 20.5 Å². The molecule has 8 rings (SSSR count). The largest absolute Gasteiger partial charge is 1.00 e. The number of hydrogen-bond acceptors (Lipinski definition) is 14. The van der Waals surface area contributed by atoms with E-state index >= 15 is 0 Å². The first kappa shape index (κ1) is 47.2. The van der Waals surface area contributed by atoms with E-state index in [1.807, 2.05) is 24.3 Å². The van der Waals surface area contributed by atoms with Gasteiger partial charge < -0.3 is 29.5 Å². The Balaban J connectivity index is 0.000000300. The first-order valence-electron chi connectivity index (χ1n) is 16.4. The average molecular weight is 886 g/mol. The SMILES string of the molecule is O=S(=O)([O-])c1cc(O)c(N=Nc2c(O)ccc3ccccc23)c2ccccc12.O=S(=O)([O-])c1cc(O)c(N=Nc2c(O)ccc3ccccc23)c2ccccc12.[Cr].[H+].[Na+].[Na+]. The van der Waals surface area contributed by atoms with Crippen LogP contribution >= 0.6 is 0 Å². The monoisotopic (exact) mass is 885 g/mol. The van der Waals surface area contributed by atoms with E-state index in [9.17, 15) is 46.4 Å². The maximum atomic E-state index is 11.5. The molecule has 59 heavy (non-hydrogen) atoms. The Morgan fingerprint density at radius 2 is 0.661 bits per heavy atom. The second-order valence-corrected chi connectivity index (χ2v) is 14.9. The summed E-state index contributed by atoms with van der Waals surface area (Å²) in [5.74, 6) is -1.19. The van der Waals surface area contributed by atoms with Crippen LogP contribution in [0.1, 0.15) is 1.43 Å². The molecule has 0 aromatic heterocycles. The summed E-state index contributed by atoms with van der Waals surface area (Å²) in [6.07, 6.45) is 0. The number of phenolic OH excluding ortho intramolecular Hbond substituents is 4. The van der Waals surface area contributed by atoms with Gasteiger partial charge in [-0.05, 0) is 22.9 Å². The van der Waals surface area contributed by atoms with Crippen molar-refractivity contribution in [2.45, 2.75) is 9.79 Å². The summed E-state index contributed by atoms with van der Waals surface area (Å²) in [7, 11) is -9.59. The van der Waals surface area contributed by atoms with Gasteiger partial charge in [0.15, 0.2) is 0 Å². The van der Waals surface area contributed by atoms with Crippen LogP contribution in [0.5, 0.6) is 23.0 Å². The van der Waals surface area contributed by atoms with Crippen LogP contribution < -0.4 is 59.1 Å². The van der Waals surface area contributed by atoms with Gasteiger partial charge in [-0.1, -0.05) is 109 Å². The van der Waals surface area contributed by atoms with Gasteiger partial charge in [0.1, 0.15) is 66.0 Å². The van der Waals surface area contributed by atoms with Crippen LogP contribution in [-0.2, 0) is 37.6 Å². The summed E-state index contributed by atoms with van der Waals surface area (Å²) in [6.45, 7) is 0. The molecule has 0 saturated heterocycles. The molecular weight excluding hydrogens is 859 g/mol. The molecule has 0 atom stereocenters. The van der Waals surface area contributed by atoms with Crippen LogP contribution in [0.25, 0.3) is 43.1 Å². The third kappa shape index (κ3) is 9.96. The summed E-state index contributed by atoms with van der Waals surface area (Å²) in [5.41, 5.74) is 0.412. The Morgan fingerprint density at radius 3 is 0.983 bits per heavy atom. The molecule has 0 fully saturated rings. The van der Waals surface area contributed by atoms with Crippen molar-refractivity contribution < 1.29 is 124 Å². The maximum absolute atomic E-state index is 11.5. The Kier molecular flexibility index (Phi) is 15.4. The maximum Gasteiger partial charge on any atom is 1.00 e. The van der Waals surface area contributed by atoms with Crippen molar-refractivity contribution in [1.29, 1.82) is 0 Å². The fourth-order valence-electron chi connectivity index (χ4n) is 6.15. The van der Waals surface area contributed by atoms with Gasteiger partial charge in [0.25, 0.3) is 0 Å². The van der Waals surface area contributed by atoms with Crippen molar-refractivity contribution in [3.05, 3.63) is 133 Å². The van der Waals surface area contributed by atoms with Crippen molar-refractivity contribution in [1.82, 2.24) is 0 Å². The van der Waals surface area contributed by atoms with Gasteiger partial charge in [-0.15, -0.1) is 20.5 Å². The normalized spacial score (nSPS) is 11.6. The fraction of sp³-hybridized carbons (Fsp3) is 0. The molecule has 0 spiro atoms. The number of nitrogens with zero attached hydrogens (tertiary/aromatic N) is 4. The molecule has 4 N–H and O–H groups in total. The molecule has 8 aromatic carbocycles. The average Bonchev–Trinajstić information content (AvgIpc) is 3.17. The second-order valence-electron chi connectivity index (χ2n) is 12.2. The molecule has 0 aliphatic rings. The number of phenols is 4. The van der Waals surface area contributed by atoms with E-state index in [4.69, 9.17) is 0 Å². The topological polar surface area (TPSA) is 245 Å². The Bertz CT molecular complexity index is 2970. The molecule has 19 heteroatoms. The van der Waals surface area contributed by atoms with Crippen molar-refractivity contribution in [2.75, 3.05) is 0 Å². The van der Waals surface area contributed by atoms with Gasteiger partial charge in [-0.3, -0.25) is 0 Å². The molecule has 0 bridgehead atoms. The van der Waals surface area contributed by atoms with E-state index in [1.165, 1.54) is 36.4 Å². The van der Waals surface area contributed by atoms with E-state index in [-0.39, 0.29) is 134 Å². The molecule has 0 radical (unpaired) electrons. The van der Waals surface area contributed by atoms with Crippen molar-refractivity contribution in [3.8, 4) is 23.0 Å². The van der Waals surface area contributed by atoms with Gasteiger partial charge in [0.2, 0.25) is 0 Å². The van der Waals surface area contributed by atoms with Gasteiger partial charge >= 0.3 is 60.5 Å². The zero-order chi connectivity index (χ0) is 39.8. The number of azo groups is 2. The summed E-state index contributed by atoms with van der Waals surface area (Å²) >= 11 is 0. The quantitative estimate of drug-likeness (QED) is 0.107. The predicted molar refractivity (Wildman–Crippen MR) is 208 cm³/mol. The summed E-state index contributed by atoms with van der Waals surface area (Å²) in [6, 6.07) is 35.1. The van der Waals surface area contributed by atoms with Crippen LogP contribution in [-0.4, -0.2) is 46.4 Å². The van der Waals surface area contributed by atoms with E-state index < -0.39 is 41.5 Å². The zero-order valence-electron chi connectivity index (χ0n) is 32.0. The minimum absolute atomic E-state index is 0.